The molecule has 1 aliphatic rings. The van der Waals surface area contributed by atoms with Crippen molar-refractivity contribution in [3.8, 4) is 17.2 Å². The molecule has 1 fully saturated rings. The van der Waals surface area contributed by atoms with E-state index >= 15 is 0 Å². The monoisotopic (exact) mass is 404 g/mol. The summed E-state index contributed by atoms with van der Waals surface area (Å²) in [5.41, 5.74) is 9.49. The van der Waals surface area contributed by atoms with Gasteiger partial charge in [0.05, 0.1) is 17.0 Å². The fourth-order valence-corrected chi connectivity index (χ4v) is 3.94. The highest BCUT2D eigenvalue weighted by atomic mass is 16.4. The first-order chi connectivity index (χ1) is 14.5. The summed E-state index contributed by atoms with van der Waals surface area (Å²) in [5.74, 6) is -0.501. The first-order valence-electron chi connectivity index (χ1n) is 10.1. The lowest BCUT2D eigenvalue weighted by Crippen LogP contribution is -2.53. The van der Waals surface area contributed by atoms with Crippen LogP contribution in [0, 0.1) is 16.7 Å². The molecular formula is C23H24N4O3. The van der Waals surface area contributed by atoms with Gasteiger partial charge in [0, 0.05) is 20.0 Å². The maximum Gasteiger partial charge on any atom is 0.419 e. The summed E-state index contributed by atoms with van der Waals surface area (Å²) < 4.78 is 6.65. The van der Waals surface area contributed by atoms with Crippen LogP contribution < -0.4 is 16.8 Å². The van der Waals surface area contributed by atoms with Crippen LogP contribution in [0.2, 0.25) is 0 Å². The second-order valence-corrected chi connectivity index (χ2v) is 8.00. The number of fused-ring (bicyclic) bond motifs is 1. The van der Waals surface area contributed by atoms with Crippen molar-refractivity contribution in [2.45, 2.75) is 31.7 Å². The largest absolute Gasteiger partial charge is 0.419 e. The smallest absolute Gasteiger partial charge is 0.408 e. The van der Waals surface area contributed by atoms with Crippen molar-refractivity contribution in [2.75, 3.05) is 6.54 Å². The molecule has 1 heterocycles. The first kappa shape index (κ1) is 19.9. The number of nitrogens with zero attached hydrogens (tertiary/aromatic N) is 2. The van der Waals surface area contributed by atoms with Gasteiger partial charge in [-0.15, -0.1) is 0 Å². The number of nitrogens with two attached hydrogens (primary N) is 1. The van der Waals surface area contributed by atoms with Crippen LogP contribution >= 0.6 is 0 Å². The van der Waals surface area contributed by atoms with E-state index in [4.69, 9.17) is 10.2 Å². The molecule has 1 atom stereocenters. The minimum Gasteiger partial charge on any atom is -0.408 e. The van der Waals surface area contributed by atoms with E-state index < -0.39 is 11.5 Å². The summed E-state index contributed by atoms with van der Waals surface area (Å²) in [6.07, 6.45) is 3.00. The van der Waals surface area contributed by atoms with E-state index in [-0.39, 0.29) is 11.7 Å². The molecule has 0 aliphatic heterocycles. The van der Waals surface area contributed by atoms with Crippen LogP contribution in [-0.2, 0) is 18.3 Å². The Kier molecular flexibility index (Phi) is 5.18. The van der Waals surface area contributed by atoms with Gasteiger partial charge in [-0.25, -0.2) is 4.79 Å². The molecule has 3 aromatic rings. The summed E-state index contributed by atoms with van der Waals surface area (Å²) in [6, 6.07) is 15.0. The van der Waals surface area contributed by atoms with Gasteiger partial charge in [0.1, 0.15) is 6.04 Å². The van der Waals surface area contributed by atoms with E-state index in [1.54, 1.807) is 13.1 Å². The van der Waals surface area contributed by atoms with E-state index in [0.29, 0.717) is 18.5 Å². The molecule has 1 saturated carbocycles. The third-order valence-corrected chi connectivity index (χ3v) is 6.16. The number of nitrogens with one attached hydrogen (secondary N) is 1. The van der Waals surface area contributed by atoms with Gasteiger partial charge in [-0.05, 0) is 41.7 Å². The van der Waals surface area contributed by atoms with Gasteiger partial charge in [-0.2, -0.15) is 5.26 Å². The summed E-state index contributed by atoms with van der Waals surface area (Å²) in [7, 11) is 1.68. The minimum absolute atomic E-state index is 0.113. The van der Waals surface area contributed by atoms with E-state index in [1.165, 1.54) is 4.57 Å². The Morgan fingerprint density at radius 1 is 1.27 bits per heavy atom. The molecule has 4 rings (SSSR count). The molecule has 2 aromatic carbocycles. The number of benzene rings is 2. The Labute approximate surface area is 174 Å². The number of hydrogen-bond acceptors (Lipinski definition) is 5. The fourth-order valence-electron chi connectivity index (χ4n) is 3.94. The zero-order valence-electron chi connectivity index (χ0n) is 16.9. The van der Waals surface area contributed by atoms with Crippen molar-refractivity contribution >= 4 is 17.0 Å². The van der Waals surface area contributed by atoms with Crippen LogP contribution in [0.15, 0.2) is 51.7 Å². The Morgan fingerprint density at radius 3 is 2.57 bits per heavy atom. The van der Waals surface area contributed by atoms with Crippen molar-refractivity contribution in [1.82, 2.24) is 9.88 Å². The van der Waals surface area contributed by atoms with Crippen molar-refractivity contribution in [2.24, 2.45) is 18.2 Å². The lowest BCUT2D eigenvalue weighted by Gasteiger charge is -2.39. The Morgan fingerprint density at radius 2 is 1.97 bits per heavy atom. The zero-order chi connectivity index (χ0) is 21.3. The predicted molar refractivity (Wildman–Crippen MR) is 113 cm³/mol. The van der Waals surface area contributed by atoms with Gasteiger partial charge in [0.2, 0.25) is 5.91 Å². The summed E-state index contributed by atoms with van der Waals surface area (Å²) in [5, 5.41) is 12.4. The van der Waals surface area contributed by atoms with Crippen molar-refractivity contribution in [1.29, 1.82) is 5.26 Å². The van der Waals surface area contributed by atoms with Gasteiger partial charge < -0.3 is 15.5 Å². The molecule has 1 aromatic heterocycles. The molecule has 30 heavy (non-hydrogen) atoms. The van der Waals surface area contributed by atoms with Crippen molar-refractivity contribution < 1.29 is 9.21 Å². The standard InChI is InChI=1S/C23H24N4O3/c1-27-19-12-17(7-8-20(19)30-22(27)29)16-5-3-15(4-6-16)11-18(13-24)26-21(28)23(14-25)9-2-10-23/h3-8,12,18H,2,9-11,14,25H2,1H3,(H,26,28)/t18-/m0/s1. The van der Waals surface area contributed by atoms with Gasteiger partial charge in [0.15, 0.2) is 5.58 Å². The van der Waals surface area contributed by atoms with Crippen LogP contribution in [0.4, 0.5) is 0 Å². The second-order valence-electron chi connectivity index (χ2n) is 8.00. The maximum atomic E-state index is 12.5. The van der Waals surface area contributed by atoms with Crippen LogP contribution in [0.25, 0.3) is 22.2 Å². The first-order valence-corrected chi connectivity index (χ1v) is 10.1. The highest BCUT2D eigenvalue weighted by Gasteiger charge is 2.43. The third-order valence-electron chi connectivity index (χ3n) is 6.16. The molecule has 7 nitrogen and oxygen atoms in total. The van der Waals surface area contributed by atoms with Crippen LogP contribution in [0.3, 0.4) is 0 Å². The van der Waals surface area contributed by atoms with Crippen LogP contribution in [-0.4, -0.2) is 23.1 Å². The minimum atomic E-state index is -0.593. The molecule has 3 N–H and O–H groups in total. The van der Waals surface area contributed by atoms with E-state index in [0.717, 1.165) is 41.5 Å². The lowest BCUT2D eigenvalue weighted by atomic mass is 9.68. The maximum absolute atomic E-state index is 12.5. The highest BCUT2D eigenvalue weighted by Crippen LogP contribution is 2.40. The molecular weight excluding hydrogens is 380 g/mol. The number of carbonyl (C=O) groups is 1. The Hall–Kier alpha value is -3.37. The number of carbonyl (C=O) groups excluding carboxylic acids is 1. The molecule has 0 radical (unpaired) electrons. The number of nitriles is 1. The molecule has 1 amide bonds. The molecule has 0 saturated heterocycles. The number of hydrogen-bond donors (Lipinski definition) is 2. The average molecular weight is 404 g/mol. The molecule has 0 spiro atoms. The van der Waals surface area contributed by atoms with Crippen LogP contribution in [0.1, 0.15) is 24.8 Å². The number of amides is 1. The Balaban J connectivity index is 1.48. The SMILES string of the molecule is Cn1c(=O)oc2ccc(-c3ccc(C[C@@H](C#N)NC(=O)C4(CN)CCC4)cc3)cc21. The molecule has 7 heteroatoms. The predicted octanol–water partition coefficient (Wildman–Crippen LogP) is 2.48. The quantitative estimate of drug-likeness (QED) is 0.655. The number of rotatable bonds is 6. The summed E-state index contributed by atoms with van der Waals surface area (Å²) in [6.45, 7) is 0.318. The van der Waals surface area contributed by atoms with Gasteiger partial charge in [-0.3, -0.25) is 9.36 Å². The zero-order valence-corrected chi connectivity index (χ0v) is 16.9. The summed E-state index contributed by atoms with van der Waals surface area (Å²) in [4.78, 5) is 24.2. The van der Waals surface area contributed by atoms with Gasteiger partial charge in [0.25, 0.3) is 0 Å². The molecule has 0 unspecified atom stereocenters. The average Bonchev–Trinajstić information content (AvgIpc) is 3.01. The molecule has 1 aliphatic carbocycles. The molecule has 154 valence electrons. The molecule has 0 bridgehead atoms. The van der Waals surface area contributed by atoms with Crippen molar-refractivity contribution in [3.63, 3.8) is 0 Å². The Bertz CT molecular complexity index is 1170. The number of oxazole rings is 1. The summed E-state index contributed by atoms with van der Waals surface area (Å²) >= 11 is 0. The van der Waals surface area contributed by atoms with E-state index in [1.807, 2.05) is 36.4 Å². The topological polar surface area (TPSA) is 114 Å². The number of aryl methyl sites for hydroxylation is 1. The van der Waals surface area contributed by atoms with Crippen LogP contribution in [0.5, 0.6) is 0 Å². The highest BCUT2D eigenvalue weighted by molar-refractivity contribution is 5.84. The van der Waals surface area contributed by atoms with E-state index in [2.05, 4.69) is 11.4 Å². The number of aromatic nitrogens is 1. The normalized spacial score (nSPS) is 15.9. The van der Waals surface area contributed by atoms with Gasteiger partial charge >= 0.3 is 5.76 Å². The second kappa shape index (κ2) is 7.81. The third kappa shape index (κ3) is 3.51. The van der Waals surface area contributed by atoms with E-state index in [9.17, 15) is 14.9 Å². The lowest BCUT2D eigenvalue weighted by molar-refractivity contribution is -0.135. The van der Waals surface area contributed by atoms with Gasteiger partial charge in [-0.1, -0.05) is 36.8 Å². The fraction of sp³-hybridized carbons (Fsp3) is 0.348. The van der Waals surface area contributed by atoms with Crippen molar-refractivity contribution in [3.05, 3.63) is 58.6 Å².